The lowest BCUT2D eigenvalue weighted by Crippen LogP contribution is -2.28. The van der Waals surface area contributed by atoms with Gasteiger partial charge in [0, 0.05) is 12.8 Å². The lowest BCUT2D eigenvalue weighted by Gasteiger charge is -2.15. The van der Waals surface area contributed by atoms with Crippen LogP contribution in [0.5, 0.6) is 0 Å². The monoisotopic (exact) mass is 1120 g/mol. The summed E-state index contributed by atoms with van der Waals surface area (Å²) in [6, 6.07) is 0. The fourth-order valence-electron chi connectivity index (χ4n) is 12.1. The minimum absolute atomic E-state index is 0.0553. The molecular weight excluding hydrogens is 969 g/mol. The predicted octanol–water partition coefficient (Wildman–Crippen LogP) is 25.6. The van der Waals surface area contributed by atoms with Crippen LogP contribution in [0.1, 0.15) is 444 Å². The van der Waals surface area contributed by atoms with Gasteiger partial charge in [0.05, 0.1) is 6.61 Å². The fraction of sp³-hybridized carbons (Fsp3) is 0.973. The van der Waals surface area contributed by atoms with Crippen LogP contribution >= 0.6 is 0 Å². The number of aliphatic hydroxyl groups excluding tert-OH is 1. The first-order valence-corrected chi connectivity index (χ1v) is 37.1. The molecule has 0 heterocycles. The minimum Gasteiger partial charge on any atom is -0.462 e. The Morgan fingerprint density at radius 1 is 0.241 bits per heavy atom. The van der Waals surface area contributed by atoms with Gasteiger partial charge in [-0.3, -0.25) is 9.59 Å². The van der Waals surface area contributed by atoms with E-state index < -0.39 is 6.10 Å². The van der Waals surface area contributed by atoms with Crippen LogP contribution in [0.2, 0.25) is 0 Å². The molecule has 1 unspecified atom stereocenters. The summed E-state index contributed by atoms with van der Waals surface area (Å²) < 4.78 is 10.8. The summed E-state index contributed by atoms with van der Waals surface area (Å²) in [6.45, 7) is 4.23. The molecule has 0 fully saturated rings. The third-order valence-electron chi connectivity index (χ3n) is 17.7. The molecular formula is C74H146O5. The summed E-state index contributed by atoms with van der Waals surface area (Å²) in [4.78, 5) is 24.6. The molecule has 5 heteroatoms. The topological polar surface area (TPSA) is 72.8 Å². The van der Waals surface area contributed by atoms with Crippen molar-refractivity contribution in [1.29, 1.82) is 0 Å². The van der Waals surface area contributed by atoms with E-state index in [1.165, 1.54) is 385 Å². The molecule has 0 bridgehead atoms. The molecule has 0 aromatic carbocycles. The lowest BCUT2D eigenvalue weighted by molar-refractivity contribution is -0.161. The fourth-order valence-corrected chi connectivity index (χ4v) is 12.1. The van der Waals surface area contributed by atoms with Gasteiger partial charge in [0.1, 0.15) is 6.61 Å². The quantitative estimate of drug-likeness (QED) is 0.0485. The third kappa shape index (κ3) is 69.3. The molecule has 0 spiro atoms. The molecule has 0 aliphatic rings. The SMILES string of the molecule is CCCCCCCCCCCCCCCCCCCCCCCCCCCCCCCCCCCCCCCCCCC(=O)OC(CO)COC(=O)CCCCCCCCCCCCCCCCCCCCCCCCCCC. The average molecular weight is 1120 g/mol. The van der Waals surface area contributed by atoms with Gasteiger partial charge >= 0.3 is 11.9 Å². The van der Waals surface area contributed by atoms with Crippen LogP contribution in [0.4, 0.5) is 0 Å². The van der Waals surface area contributed by atoms with Crippen LogP contribution in [0.25, 0.3) is 0 Å². The highest BCUT2D eigenvalue weighted by atomic mass is 16.6. The molecule has 0 aliphatic carbocycles. The maximum Gasteiger partial charge on any atom is 0.306 e. The zero-order valence-corrected chi connectivity index (χ0v) is 54.4. The lowest BCUT2D eigenvalue weighted by atomic mass is 10.0. The first-order valence-electron chi connectivity index (χ1n) is 37.1. The molecule has 0 aromatic heterocycles. The van der Waals surface area contributed by atoms with Crippen molar-refractivity contribution < 1.29 is 24.2 Å². The number of carbonyl (C=O) groups excluding carboxylic acids is 2. The van der Waals surface area contributed by atoms with Crippen LogP contribution in [-0.2, 0) is 19.1 Å². The van der Waals surface area contributed by atoms with Crippen molar-refractivity contribution in [1.82, 2.24) is 0 Å². The third-order valence-corrected chi connectivity index (χ3v) is 17.7. The second-order valence-electron chi connectivity index (χ2n) is 25.8. The van der Waals surface area contributed by atoms with Crippen molar-refractivity contribution in [3.8, 4) is 0 Å². The van der Waals surface area contributed by atoms with Crippen LogP contribution in [0.15, 0.2) is 0 Å². The Kier molecular flexibility index (Phi) is 70.2. The highest BCUT2D eigenvalue weighted by Gasteiger charge is 2.16. The molecule has 472 valence electrons. The Balaban J connectivity index is 3.33. The molecule has 79 heavy (non-hydrogen) atoms. The molecule has 5 nitrogen and oxygen atoms in total. The van der Waals surface area contributed by atoms with Crippen LogP contribution in [0.3, 0.4) is 0 Å². The van der Waals surface area contributed by atoms with Crippen molar-refractivity contribution in [3.63, 3.8) is 0 Å². The predicted molar refractivity (Wildman–Crippen MR) is 349 cm³/mol. The summed E-state index contributed by atoms with van der Waals surface area (Å²) in [7, 11) is 0. The minimum atomic E-state index is -0.766. The van der Waals surface area contributed by atoms with E-state index in [1.54, 1.807) is 0 Å². The van der Waals surface area contributed by atoms with Gasteiger partial charge in [0.15, 0.2) is 6.10 Å². The van der Waals surface area contributed by atoms with Crippen molar-refractivity contribution in [3.05, 3.63) is 0 Å². The number of hydrogen-bond acceptors (Lipinski definition) is 5. The van der Waals surface area contributed by atoms with E-state index in [1.807, 2.05) is 0 Å². The van der Waals surface area contributed by atoms with Gasteiger partial charge in [-0.05, 0) is 12.8 Å². The average Bonchev–Trinajstić information content (AvgIpc) is 3.45. The number of ether oxygens (including phenoxy) is 2. The van der Waals surface area contributed by atoms with Crippen molar-refractivity contribution in [2.75, 3.05) is 13.2 Å². The first-order chi connectivity index (χ1) is 39.1. The van der Waals surface area contributed by atoms with Gasteiger partial charge < -0.3 is 14.6 Å². The van der Waals surface area contributed by atoms with E-state index in [-0.39, 0.29) is 25.2 Å². The Morgan fingerprint density at radius 3 is 0.557 bits per heavy atom. The van der Waals surface area contributed by atoms with Crippen LogP contribution in [0, 0.1) is 0 Å². The summed E-state index contributed by atoms with van der Waals surface area (Å²) >= 11 is 0. The number of unbranched alkanes of at least 4 members (excludes halogenated alkanes) is 63. The van der Waals surface area contributed by atoms with Gasteiger partial charge in [0.2, 0.25) is 0 Å². The van der Waals surface area contributed by atoms with Crippen LogP contribution < -0.4 is 0 Å². The zero-order chi connectivity index (χ0) is 56.9. The maximum absolute atomic E-state index is 12.4. The molecule has 0 aromatic rings. The van der Waals surface area contributed by atoms with Crippen molar-refractivity contribution in [2.24, 2.45) is 0 Å². The Hall–Kier alpha value is -1.10. The van der Waals surface area contributed by atoms with Crippen LogP contribution in [-0.4, -0.2) is 36.4 Å². The van der Waals surface area contributed by atoms with Gasteiger partial charge in [-0.25, -0.2) is 0 Å². The number of esters is 2. The second kappa shape index (κ2) is 71.2. The Labute approximate surface area is 497 Å². The van der Waals surface area contributed by atoms with E-state index >= 15 is 0 Å². The van der Waals surface area contributed by atoms with Gasteiger partial charge in [-0.2, -0.15) is 0 Å². The molecule has 0 aliphatic heterocycles. The second-order valence-corrected chi connectivity index (χ2v) is 25.8. The molecule has 0 amide bonds. The highest BCUT2D eigenvalue weighted by molar-refractivity contribution is 5.70. The number of rotatable bonds is 71. The van der Waals surface area contributed by atoms with E-state index in [9.17, 15) is 14.7 Å². The van der Waals surface area contributed by atoms with Gasteiger partial charge in [-0.1, -0.05) is 418 Å². The molecule has 0 rings (SSSR count). The van der Waals surface area contributed by atoms with Gasteiger partial charge in [-0.15, -0.1) is 0 Å². The van der Waals surface area contributed by atoms with E-state index in [2.05, 4.69) is 13.8 Å². The summed E-state index contributed by atoms with van der Waals surface area (Å²) in [5.74, 6) is -0.558. The van der Waals surface area contributed by atoms with E-state index in [4.69, 9.17) is 9.47 Å². The number of aliphatic hydroxyl groups is 1. The smallest absolute Gasteiger partial charge is 0.306 e. The molecule has 0 saturated heterocycles. The number of hydrogen-bond donors (Lipinski definition) is 1. The largest absolute Gasteiger partial charge is 0.462 e. The normalized spacial score (nSPS) is 12.0. The number of carbonyl (C=O) groups is 2. The highest BCUT2D eigenvalue weighted by Crippen LogP contribution is 2.20. The molecule has 0 radical (unpaired) electrons. The molecule has 1 N–H and O–H groups in total. The van der Waals surface area contributed by atoms with Crippen molar-refractivity contribution in [2.45, 2.75) is 450 Å². The van der Waals surface area contributed by atoms with E-state index in [0.29, 0.717) is 12.8 Å². The molecule has 1 atom stereocenters. The van der Waals surface area contributed by atoms with Crippen molar-refractivity contribution >= 4 is 11.9 Å². The first kappa shape index (κ1) is 77.9. The standard InChI is InChI=1S/C74H146O5/c1-3-5-7-9-11-13-15-17-19-21-23-25-27-29-30-31-32-33-34-35-36-37-38-39-40-41-42-43-45-47-49-51-53-55-57-59-61-63-65-67-69-74(77)79-72(70-75)71-78-73(76)68-66-64-62-60-58-56-54-52-50-48-46-44-28-26-24-22-20-18-16-14-12-10-8-6-4-2/h72,75H,3-71H2,1-2H3. The summed E-state index contributed by atoms with van der Waals surface area (Å²) in [5.41, 5.74) is 0. The maximum atomic E-state index is 12.4. The summed E-state index contributed by atoms with van der Waals surface area (Å²) in [6.07, 6.45) is 90.4. The zero-order valence-electron chi connectivity index (χ0n) is 54.4. The Bertz CT molecular complexity index is 1120. The van der Waals surface area contributed by atoms with Gasteiger partial charge in [0.25, 0.3) is 0 Å². The Morgan fingerprint density at radius 2 is 0.392 bits per heavy atom. The summed E-state index contributed by atoms with van der Waals surface area (Å²) in [5, 5.41) is 9.70. The van der Waals surface area contributed by atoms with E-state index in [0.717, 1.165) is 32.1 Å². The molecule has 0 saturated carbocycles.